The van der Waals surface area contributed by atoms with Crippen LogP contribution in [0.4, 0.5) is 0 Å². The predicted molar refractivity (Wildman–Crippen MR) is 105 cm³/mol. The molecular weight excluding hydrogens is 340 g/mol. The van der Waals surface area contributed by atoms with E-state index in [1.165, 1.54) is 0 Å². The lowest BCUT2D eigenvalue weighted by Gasteiger charge is -2.54. The average molecular weight is 368 g/mol. The largest absolute Gasteiger partial charge is 0.369 e. The highest BCUT2D eigenvalue weighted by molar-refractivity contribution is 5.83. The molecule has 1 saturated carbocycles. The van der Waals surface area contributed by atoms with Crippen LogP contribution in [0, 0.1) is 23.7 Å². The van der Waals surface area contributed by atoms with Crippen molar-refractivity contribution >= 4 is 5.91 Å². The van der Waals surface area contributed by atoms with Crippen LogP contribution in [0.25, 0.3) is 5.69 Å². The number of amides is 1. The maximum Gasteiger partial charge on any atom is 0.276 e. The van der Waals surface area contributed by atoms with Crippen molar-refractivity contribution in [1.29, 1.82) is 0 Å². The zero-order chi connectivity index (χ0) is 19.6. The topological polar surface area (TPSA) is 73.3 Å². The van der Waals surface area contributed by atoms with Gasteiger partial charge in [-0.25, -0.2) is 4.68 Å². The Hall–Kier alpha value is -2.34. The van der Waals surface area contributed by atoms with E-state index in [0.29, 0.717) is 13.1 Å². The van der Waals surface area contributed by atoms with Gasteiger partial charge in [0.2, 0.25) is 5.91 Å². The number of hydrogen-bond acceptors (Lipinski definition) is 3. The monoisotopic (exact) mass is 368 g/mol. The Morgan fingerprint density at radius 3 is 2.48 bits per heavy atom. The van der Waals surface area contributed by atoms with Gasteiger partial charge in [0.25, 0.3) is 5.56 Å². The summed E-state index contributed by atoms with van der Waals surface area (Å²) < 4.78 is 3.62. The summed E-state index contributed by atoms with van der Waals surface area (Å²) in [6, 6.07) is 9.67. The molecule has 0 bridgehead atoms. The molecule has 1 saturated heterocycles. The SMILES string of the molecule is Cc1c(CN2C[C@@H]3C(C)(C)C[C@]3(C(N)=O)C2)c(=O)n(-c2ccccc2)n1C. The zero-order valence-corrected chi connectivity index (χ0v) is 16.5. The average Bonchev–Trinajstić information content (AvgIpc) is 3.04. The lowest BCUT2D eigenvalue weighted by atomic mass is 9.48. The Morgan fingerprint density at radius 1 is 1.26 bits per heavy atom. The summed E-state index contributed by atoms with van der Waals surface area (Å²) in [5.74, 6) is 0.0728. The lowest BCUT2D eigenvalue weighted by Crippen LogP contribution is -2.59. The Labute approximate surface area is 159 Å². The number of para-hydroxylation sites is 1. The van der Waals surface area contributed by atoms with Gasteiger partial charge in [0.05, 0.1) is 16.7 Å². The third-order valence-corrected chi connectivity index (χ3v) is 6.87. The molecule has 2 atom stereocenters. The maximum absolute atomic E-state index is 13.1. The molecule has 0 radical (unpaired) electrons. The van der Waals surface area contributed by atoms with E-state index in [4.69, 9.17) is 5.73 Å². The Morgan fingerprint density at radius 2 is 1.93 bits per heavy atom. The molecule has 6 nitrogen and oxygen atoms in total. The number of primary amides is 1. The summed E-state index contributed by atoms with van der Waals surface area (Å²) in [7, 11) is 1.91. The van der Waals surface area contributed by atoms with Gasteiger partial charge in [-0.05, 0) is 36.8 Å². The van der Waals surface area contributed by atoms with Crippen molar-refractivity contribution in [3.05, 3.63) is 51.9 Å². The van der Waals surface area contributed by atoms with Crippen LogP contribution in [0.3, 0.4) is 0 Å². The normalized spacial score (nSPS) is 26.6. The van der Waals surface area contributed by atoms with Crippen LogP contribution < -0.4 is 11.3 Å². The molecule has 2 N–H and O–H groups in total. The number of rotatable bonds is 4. The minimum absolute atomic E-state index is 0.00725. The van der Waals surface area contributed by atoms with Crippen molar-refractivity contribution in [2.45, 2.75) is 33.7 Å². The van der Waals surface area contributed by atoms with Crippen LogP contribution in [-0.2, 0) is 18.4 Å². The number of carbonyl (C=O) groups excluding carboxylic acids is 1. The summed E-state index contributed by atoms with van der Waals surface area (Å²) in [6.07, 6.45) is 0.832. The quantitative estimate of drug-likeness (QED) is 0.895. The first-order valence-corrected chi connectivity index (χ1v) is 9.52. The third-order valence-electron chi connectivity index (χ3n) is 6.87. The number of fused-ring (bicyclic) bond motifs is 1. The summed E-state index contributed by atoms with van der Waals surface area (Å²) in [6.45, 7) is 8.41. The summed E-state index contributed by atoms with van der Waals surface area (Å²) in [5.41, 5.74) is 8.09. The van der Waals surface area contributed by atoms with Gasteiger partial charge in [-0.15, -0.1) is 0 Å². The van der Waals surface area contributed by atoms with Crippen molar-refractivity contribution in [3.8, 4) is 5.69 Å². The molecule has 0 unspecified atom stereocenters. The van der Waals surface area contributed by atoms with Gasteiger partial charge < -0.3 is 5.73 Å². The highest BCUT2D eigenvalue weighted by Gasteiger charge is 2.65. The highest BCUT2D eigenvalue weighted by Crippen LogP contribution is 2.62. The summed E-state index contributed by atoms with van der Waals surface area (Å²) in [4.78, 5) is 27.6. The predicted octanol–water partition coefficient (Wildman–Crippen LogP) is 1.82. The van der Waals surface area contributed by atoms with E-state index in [-0.39, 0.29) is 22.8 Å². The fraction of sp³-hybridized carbons (Fsp3) is 0.524. The van der Waals surface area contributed by atoms with Crippen LogP contribution in [0.5, 0.6) is 0 Å². The maximum atomic E-state index is 13.1. The van der Waals surface area contributed by atoms with Crippen molar-refractivity contribution in [3.63, 3.8) is 0 Å². The molecule has 1 amide bonds. The number of nitrogens with zero attached hydrogens (tertiary/aromatic N) is 3. The molecule has 2 fully saturated rings. The van der Waals surface area contributed by atoms with E-state index < -0.39 is 5.41 Å². The Balaban J connectivity index is 1.65. The van der Waals surface area contributed by atoms with E-state index in [1.807, 2.05) is 49.0 Å². The second-order valence-electron chi connectivity index (χ2n) is 8.95. The second kappa shape index (κ2) is 5.83. The van der Waals surface area contributed by atoms with Gasteiger partial charge in [-0.2, -0.15) is 0 Å². The Kier molecular flexibility index (Phi) is 3.89. The van der Waals surface area contributed by atoms with Crippen LogP contribution in [0.1, 0.15) is 31.5 Å². The molecule has 1 aliphatic heterocycles. The molecule has 1 aromatic carbocycles. The van der Waals surface area contributed by atoms with Gasteiger partial charge in [0.15, 0.2) is 0 Å². The van der Waals surface area contributed by atoms with Gasteiger partial charge in [-0.1, -0.05) is 32.0 Å². The van der Waals surface area contributed by atoms with Gasteiger partial charge in [0, 0.05) is 32.4 Å². The number of benzene rings is 1. The fourth-order valence-corrected chi connectivity index (χ4v) is 5.47. The molecule has 4 rings (SSSR count). The minimum atomic E-state index is -0.426. The van der Waals surface area contributed by atoms with Crippen LogP contribution in [0.15, 0.2) is 35.1 Å². The number of carbonyl (C=O) groups is 1. The van der Waals surface area contributed by atoms with Gasteiger partial charge >= 0.3 is 0 Å². The van der Waals surface area contributed by atoms with Gasteiger partial charge in [-0.3, -0.25) is 19.2 Å². The minimum Gasteiger partial charge on any atom is -0.369 e. The molecule has 6 heteroatoms. The van der Waals surface area contributed by atoms with E-state index in [9.17, 15) is 9.59 Å². The third kappa shape index (κ3) is 2.50. The molecule has 1 aromatic heterocycles. The molecular formula is C21H28N4O2. The molecule has 1 aliphatic carbocycles. The van der Waals surface area contributed by atoms with Gasteiger partial charge in [0.1, 0.15) is 0 Å². The summed E-state index contributed by atoms with van der Waals surface area (Å²) >= 11 is 0. The van der Waals surface area contributed by atoms with Crippen molar-refractivity contribution in [2.24, 2.45) is 29.5 Å². The number of hydrogen-bond donors (Lipinski definition) is 1. The van der Waals surface area contributed by atoms with E-state index >= 15 is 0 Å². The first-order chi connectivity index (χ1) is 12.7. The molecule has 144 valence electrons. The smallest absolute Gasteiger partial charge is 0.276 e. The molecule has 27 heavy (non-hydrogen) atoms. The number of nitrogens with two attached hydrogens (primary N) is 1. The van der Waals surface area contributed by atoms with Crippen molar-refractivity contribution in [1.82, 2.24) is 14.3 Å². The van der Waals surface area contributed by atoms with Crippen molar-refractivity contribution < 1.29 is 4.79 Å². The van der Waals surface area contributed by atoms with E-state index in [1.54, 1.807) is 4.68 Å². The molecule has 0 spiro atoms. The highest BCUT2D eigenvalue weighted by atomic mass is 16.1. The Bertz CT molecular complexity index is 957. The van der Waals surface area contributed by atoms with E-state index in [0.717, 1.165) is 29.9 Å². The zero-order valence-electron chi connectivity index (χ0n) is 16.5. The van der Waals surface area contributed by atoms with Crippen LogP contribution in [-0.4, -0.2) is 33.3 Å². The van der Waals surface area contributed by atoms with Crippen LogP contribution >= 0.6 is 0 Å². The first-order valence-electron chi connectivity index (χ1n) is 9.52. The number of likely N-dealkylation sites (tertiary alicyclic amines) is 1. The molecule has 2 aromatic rings. The summed E-state index contributed by atoms with van der Waals surface area (Å²) in [5, 5.41) is 0. The molecule has 2 aliphatic rings. The van der Waals surface area contributed by atoms with Crippen molar-refractivity contribution in [2.75, 3.05) is 13.1 Å². The van der Waals surface area contributed by atoms with E-state index in [2.05, 4.69) is 18.7 Å². The lowest BCUT2D eigenvalue weighted by molar-refractivity contribution is -0.148. The number of aromatic nitrogens is 2. The van der Waals surface area contributed by atoms with Crippen LogP contribution in [0.2, 0.25) is 0 Å². The second-order valence-corrected chi connectivity index (χ2v) is 8.95. The standard InChI is InChI=1S/C21H28N4O2/c1-14-16(18(26)25(23(14)4)15-8-6-5-7-9-15)10-24-11-17-20(2,3)12-21(17,13-24)19(22)27/h5-9,17H,10-13H2,1-4H3,(H2,22,27)/t17-,21+/m1/s1. The fourth-order valence-electron chi connectivity index (χ4n) is 5.47. The first kappa shape index (κ1) is 18.0. The molecule has 2 heterocycles.